The largest absolute Gasteiger partial charge is 0.507 e. The molecule has 1 unspecified atom stereocenters. The molecular formula is C12H15NO2. The first-order chi connectivity index (χ1) is 7.00. The predicted octanol–water partition coefficient (Wildman–Crippen LogP) is 1.92. The van der Waals surface area contributed by atoms with Crippen molar-refractivity contribution in [3.05, 3.63) is 29.8 Å². The summed E-state index contributed by atoms with van der Waals surface area (Å²) in [6.45, 7) is 4.23. The van der Waals surface area contributed by atoms with Gasteiger partial charge in [-0.05, 0) is 24.0 Å². The number of phenolic OH excluding ortho intramolecular Hbond substituents is 1. The molecule has 15 heavy (non-hydrogen) atoms. The fourth-order valence-electron chi connectivity index (χ4n) is 1.62. The maximum atomic E-state index is 11.7. The standard InChI is InChI=1S/C12H15NO2/c1-12(2)7-10(12)13-11(15)8-5-3-4-6-9(8)14/h3-6,10,14H,7H2,1-2H3,(H,13,15). The van der Waals surface area contributed by atoms with Crippen molar-refractivity contribution < 1.29 is 9.90 Å². The number of nitrogens with one attached hydrogen (secondary N) is 1. The lowest BCUT2D eigenvalue weighted by Crippen LogP contribution is -2.28. The van der Waals surface area contributed by atoms with E-state index in [0.717, 1.165) is 6.42 Å². The van der Waals surface area contributed by atoms with Gasteiger partial charge in [-0.2, -0.15) is 0 Å². The summed E-state index contributed by atoms with van der Waals surface area (Å²) in [5.74, 6) is -0.155. The molecule has 80 valence electrons. The summed E-state index contributed by atoms with van der Waals surface area (Å²) in [5.41, 5.74) is 0.556. The van der Waals surface area contributed by atoms with Crippen LogP contribution in [0, 0.1) is 5.41 Å². The second kappa shape index (κ2) is 3.26. The number of carbonyl (C=O) groups is 1. The van der Waals surface area contributed by atoms with Crippen LogP contribution in [-0.4, -0.2) is 17.1 Å². The normalized spacial score (nSPS) is 22.1. The Morgan fingerprint density at radius 3 is 2.60 bits per heavy atom. The Balaban J connectivity index is 2.06. The summed E-state index contributed by atoms with van der Waals surface area (Å²) >= 11 is 0. The maximum Gasteiger partial charge on any atom is 0.255 e. The number of carbonyl (C=O) groups excluding carboxylic acids is 1. The third-order valence-corrected chi connectivity index (χ3v) is 2.97. The molecule has 1 atom stereocenters. The minimum Gasteiger partial charge on any atom is -0.507 e. The van der Waals surface area contributed by atoms with Gasteiger partial charge in [-0.25, -0.2) is 0 Å². The fraction of sp³-hybridized carbons (Fsp3) is 0.417. The lowest BCUT2D eigenvalue weighted by Gasteiger charge is -2.07. The van der Waals surface area contributed by atoms with Gasteiger partial charge in [0.05, 0.1) is 5.56 Å². The van der Waals surface area contributed by atoms with Crippen molar-refractivity contribution >= 4 is 5.91 Å². The molecule has 1 aliphatic rings. The number of hydrogen-bond donors (Lipinski definition) is 2. The molecule has 1 aromatic rings. The highest BCUT2D eigenvalue weighted by molar-refractivity contribution is 5.97. The minimum absolute atomic E-state index is 0.0356. The van der Waals surface area contributed by atoms with E-state index < -0.39 is 0 Å². The van der Waals surface area contributed by atoms with Gasteiger partial charge in [0.25, 0.3) is 5.91 Å². The molecule has 0 saturated heterocycles. The lowest BCUT2D eigenvalue weighted by atomic mass is 10.1. The van der Waals surface area contributed by atoms with Crippen LogP contribution in [0.4, 0.5) is 0 Å². The van der Waals surface area contributed by atoms with Crippen LogP contribution < -0.4 is 5.32 Å². The molecule has 1 amide bonds. The zero-order chi connectivity index (χ0) is 11.1. The molecule has 2 N–H and O–H groups in total. The first kappa shape index (κ1) is 10.0. The van der Waals surface area contributed by atoms with Gasteiger partial charge in [-0.15, -0.1) is 0 Å². The average Bonchev–Trinajstić information content (AvgIpc) is 2.74. The van der Waals surface area contributed by atoms with Gasteiger partial charge in [-0.1, -0.05) is 26.0 Å². The third-order valence-electron chi connectivity index (χ3n) is 2.97. The zero-order valence-electron chi connectivity index (χ0n) is 8.95. The maximum absolute atomic E-state index is 11.7. The summed E-state index contributed by atoms with van der Waals surface area (Å²) < 4.78 is 0. The van der Waals surface area contributed by atoms with Gasteiger partial charge < -0.3 is 10.4 Å². The van der Waals surface area contributed by atoms with Crippen LogP contribution in [-0.2, 0) is 0 Å². The van der Waals surface area contributed by atoms with E-state index in [9.17, 15) is 9.90 Å². The molecule has 0 aliphatic heterocycles. The van der Waals surface area contributed by atoms with E-state index in [1.807, 2.05) is 0 Å². The van der Waals surface area contributed by atoms with Crippen molar-refractivity contribution in [1.29, 1.82) is 0 Å². The number of aromatic hydroxyl groups is 1. The smallest absolute Gasteiger partial charge is 0.255 e. The van der Waals surface area contributed by atoms with E-state index in [0.29, 0.717) is 5.56 Å². The molecule has 0 spiro atoms. The van der Waals surface area contributed by atoms with Crippen LogP contribution in [0.1, 0.15) is 30.6 Å². The van der Waals surface area contributed by atoms with Crippen molar-refractivity contribution in [2.45, 2.75) is 26.3 Å². The zero-order valence-corrected chi connectivity index (χ0v) is 8.95. The highest BCUT2D eigenvalue weighted by Crippen LogP contribution is 2.44. The van der Waals surface area contributed by atoms with Gasteiger partial charge in [-0.3, -0.25) is 4.79 Å². The van der Waals surface area contributed by atoms with Gasteiger partial charge in [0.1, 0.15) is 5.75 Å². The van der Waals surface area contributed by atoms with Gasteiger partial charge in [0, 0.05) is 6.04 Å². The number of para-hydroxylation sites is 1. The SMILES string of the molecule is CC1(C)CC1NC(=O)c1ccccc1O. The minimum atomic E-state index is -0.191. The Labute approximate surface area is 89.1 Å². The summed E-state index contributed by atoms with van der Waals surface area (Å²) in [6, 6.07) is 6.83. The highest BCUT2D eigenvalue weighted by atomic mass is 16.3. The molecule has 1 saturated carbocycles. The van der Waals surface area contributed by atoms with E-state index in [4.69, 9.17) is 0 Å². The Morgan fingerprint density at radius 1 is 1.47 bits per heavy atom. The molecule has 1 fully saturated rings. The molecule has 0 heterocycles. The molecule has 2 rings (SSSR count). The second-order valence-corrected chi connectivity index (χ2v) is 4.74. The molecule has 0 bridgehead atoms. The number of phenols is 1. The third kappa shape index (κ3) is 1.96. The molecule has 3 nitrogen and oxygen atoms in total. The average molecular weight is 205 g/mol. The Kier molecular flexibility index (Phi) is 2.18. The van der Waals surface area contributed by atoms with E-state index in [2.05, 4.69) is 19.2 Å². The molecule has 1 aliphatic carbocycles. The van der Waals surface area contributed by atoms with Crippen LogP contribution >= 0.6 is 0 Å². The van der Waals surface area contributed by atoms with Gasteiger partial charge in [0.2, 0.25) is 0 Å². The molecule has 1 aromatic carbocycles. The van der Waals surface area contributed by atoms with E-state index >= 15 is 0 Å². The van der Waals surface area contributed by atoms with Crippen LogP contribution in [0.5, 0.6) is 5.75 Å². The van der Waals surface area contributed by atoms with Crippen molar-refractivity contribution in [3.8, 4) is 5.75 Å². The molecule has 0 radical (unpaired) electrons. The second-order valence-electron chi connectivity index (χ2n) is 4.74. The predicted molar refractivity (Wildman–Crippen MR) is 57.8 cm³/mol. The topological polar surface area (TPSA) is 49.3 Å². The summed E-state index contributed by atoms with van der Waals surface area (Å²) in [7, 11) is 0. The number of benzene rings is 1. The Morgan fingerprint density at radius 2 is 2.07 bits per heavy atom. The lowest BCUT2D eigenvalue weighted by molar-refractivity contribution is 0.0943. The summed E-state index contributed by atoms with van der Waals surface area (Å²) in [4.78, 5) is 11.7. The van der Waals surface area contributed by atoms with Crippen molar-refractivity contribution in [3.63, 3.8) is 0 Å². The van der Waals surface area contributed by atoms with Gasteiger partial charge in [0.15, 0.2) is 0 Å². The quantitative estimate of drug-likeness (QED) is 0.775. The van der Waals surface area contributed by atoms with Crippen molar-refractivity contribution in [2.24, 2.45) is 5.41 Å². The number of hydrogen-bond acceptors (Lipinski definition) is 2. The number of rotatable bonds is 2. The Hall–Kier alpha value is -1.51. The van der Waals surface area contributed by atoms with Crippen LogP contribution in [0.2, 0.25) is 0 Å². The van der Waals surface area contributed by atoms with Crippen LogP contribution in [0.15, 0.2) is 24.3 Å². The van der Waals surface area contributed by atoms with E-state index in [1.54, 1.807) is 18.2 Å². The molecule has 3 heteroatoms. The Bertz CT molecular complexity index is 398. The van der Waals surface area contributed by atoms with Crippen molar-refractivity contribution in [2.75, 3.05) is 0 Å². The van der Waals surface area contributed by atoms with Gasteiger partial charge >= 0.3 is 0 Å². The van der Waals surface area contributed by atoms with E-state index in [-0.39, 0.29) is 23.1 Å². The first-order valence-electron chi connectivity index (χ1n) is 5.09. The number of amides is 1. The van der Waals surface area contributed by atoms with Crippen LogP contribution in [0.3, 0.4) is 0 Å². The van der Waals surface area contributed by atoms with Crippen LogP contribution in [0.25, 0.3) is 0 Å². The van der Waals surface area contributed by atoms with Crippen molar-refractivity contribution in [1.82, 2.24) is 5.32 Å². The highest BCUT2D eigenvalue weighted by Gasteiger charge is 2.46. The molecular weight excluding hydrogens is 190 g/mol. The monoisotopic (exact) mass is 205 g/mol. The first-order valence-corrected chi connectivity index (χ1v) is 5.09. The summed E-state index contributed by atoms with van der Waals surface area (Å²) in [6.07, 6.45) is 1.01. The van der Waals surface area contributed by atoms with E-state index in [1.165, 1.54) is 6.07 Å². The summed E-state index contributed by atoms with van der Waals surface area (Å²) in [5, 5.41) is 12.4. The fourth-order valence-corrected chi connectivity index (χ4v) is 1.62. The molecule has 0 aromatic heterocycles.